The molecule has 0 N–H and O–H groups in total. The van der Waals surface area contributed by atoms with E-state index in [9.17, 15) is 18.0 Å². The minimum atomic E-state index is -4.69. The number of alkyl halides is 3. The molecule has 0 saturated heterocycles. The highest BCUT2D eigenvalue weighted by Crippen LogP contribution is 2.29. The summed E-state index contributed by atoms with van der Waals surface area (Å²) in [6.07, 6.45) is -5.36. The van der Waals surface area contributed by atoms with Crippen LogP contribution in [0.25, 0.3) is 11.4 Å². The third-order valence-electron chi connectivity index (χ3n) is 3.37. The molecule has 2 aromatic rings. The predicted octanol–water partition coefficient (Wildman–Crippen LogP) is 2.68. The van der Waals surface area contributed by atoms with Gasteiger partial charge < -0.3 is 9.26 Å². The number of hydrogen-bond acceptors (Lipinski definition) is 6. The Bertz CT molecular complexity index is 716. The van der Waals surface area contributed by atoms with Crippen molar-refractivity contribution in [2.75, 3.05) is 14.2 Å². The molecule has 10 heteroatoms. The fourth-order valence-corrected chi connectivity index (χ4v) is 1.92. The Labute approximate surface area is 141 Å². The van der Waals surface area contributed by atoms with E-state index in [-0.39, 0.29) is 18.3 Å². The lowest BCUT2D eigenvalue weighted by Crippen LogP contribution is -2.37. The van der Waals surface area contributed by atoms with Crippen LogP contribution in [0.3, 0.4) is 0 Å². The second-order valence-electron chi connectivity index (χ2n) is 5.05. The van der Waals surface area contributed by atoms with E-state index in [1.54, 1.807) is 19.1 Å². The van der Waals surface area contributed by atoms with Crippen LogP contribution < -0.4 is 0 Å². The number of ether oxygens (including phenoxy) is 1. The molecule has 136 valence electrons. The van der Waals surface area contributed by atoms with Gasteiger partial charge >= 0.3 is 12.1 Å². The number of carbonyl (C=O) groups is 1. The Morgan fingerprint density at radius 3 is 2.40 bits per heavy atom. The van der Waals surface area contributed by atoms with Crippen molar-refractivity contribution in [1.82, 2.24) is 15.2 Å². The van der Waals surface area contributed by atoms with Crippen molar-refractivity contribution in [1.29, 1.82) is 0 Å². The van der Waals surface area contributed by atoms with Crippen LogP contribution in [0.2, 0.25) is 0 Å². The van der Waals surface area contributed by atoms with Crippen molar-refractivity contribution in [2.45, 2.75) is 25.7 Å². The third-order valence-corrected chi connectivity index (χ3v) is 3.37. The molecule has 0 aliphatic heterocycles. The van der Waals surface area contributed by atoms with Crippen LogP contribution in [0.1, 0.15) is 18.4 Å². The number of halogens is 3. The fraction of sp³-hybridized carbons (Fsp3) is 0.400. The number of aromatic nitrogens is 2. The minimum Gasteiger partial charge on any atom is -0.372 e. The molecule has 1 heterocycles. The Hall–Kier alpha value is -2.46. The summed E-state index contributed by atoms with van der Waals surface area (Å²) in [5.74, 6) is -1.94. The first kappa shape index (κ1) is 18.9. The smallest absolute Gasteiger partial charge is 0.372 e. The first-order valence-electron chi connectivity index (χ1n) is 7.14. The molecule has 0 unspecified atom stereocenters. The summed E-state index contributed by atoms with van der Waals surface area (Å²) in [6.45, 7) is 1.73. The Balaban J connectivity index is 2.11. The van der Waals surface area contributed by atoms with E-state index in [4.69, 9.17) is 9.57 Å². The lowest BCUT2D eigenvalue weighted by Gasteiger charge is -2.22. The molecular formula is C15H16F3N3O4. The van der Waals surface area contributed by atoms with Crippen molar-refractivity contribution in [3.05, 3.63) is 35.7 Å². The van der Waals surface area contributed by atoms with E-state index in [0.717, 1.165) is 5.06 Å². The van der Waals surface area contributed by atoms with Gasteiger partial charge in [-0.2, -0.15) is 18.2 Å². The standard InChI is InChI=1S/C15H16F3N3O4/c1-9(23-2)13(22)21(24-3)8-10-4-6-11(7-5-10)12-19-14(25-20-12)15(16,17)18/h4-7,9H,8H2,1-3H3/t9-/m0/s1. The lowest BCUT2D eigenvalue weighted by atomic mass is 10.1. The van der Waals surface area contributed by atoms with E-state index in [1.165, 1.54) is 26.4 Å². The molecule has 1 aromatic carbocycles. The number of hydroxylamine groups is 2. The van der Waals surface area contributed by atoms with Crippen LogP contribution in [0.5, 0.6) is 0 Å². The normalized spacial score (nSPS) is 12.9. The van der Waals surface area contributed by atoms with Gasteiger partial charge in [-0.3, -0.25) is 9.63 Å². The number of methoxy groups -OCH3 is 1. The SMILES string of the molecule is CO[C@@H](C)C(=O)N(Cc1ccc(-c2noc(C(F)(F)F)n2)cc1)OC. The molecule has 0 bridgehead atoms. The number of nitrogens with zero attached hydrogens (tertiary/aromatic N) is 3. The van der Waals surface area contributed by atoms with Gasteiger partial charge in [-0.25, -0.2) is 5.06 Å². The van der Waals surface area contributed by atoms with Crippen molar-refractivity contribution in [2.24, 2.45) is 0 Å². The van der Waals surface area contributed by atoms with Gasteiger partial charge in [0.1, 0.15) is 6.10 Å². The quantitative estimate of drug-likeness (QED) is 0.738. The van der Waals surface area contributed by atoms with Crippen LogP contribution >= 0.6 is 0 Å². The Morgan fingerprint density at radius 1 is 1.28 bits per heavy atom. The molecule has 25 heavy (non-hydrogen) atoms. The van der Waals surface area contributed by atoms with Crippen molar-refractivity contribution < 1.29 is 32.1 Å². The van der Waals surface area contributed by atoms with Crippen LogP contribution in [0.4, 0.5) is 13.2 Å². The molecule has 0 saturated carbocycles. The molecule has 7 nitrogen and oxygen atoms in total. The van der Waals surface area contributed by atoms with E-state index >= 15 is 0 Å². The van der Waals surface area contributed by atoms with Crippen LogP contribution in [0.15, 0.2) is 28.8 Å². The summed E-state index contributed by atoms with van der Waals surface area (Å²) < 4.78 is 46.6. The second kappa shape index (κ2) is 7.62. The van der Waals surface area contributed by atoms with Crippen molar-refractivity contribution >= 4 is 5.91 Å². The van der Waals surface area contributed by atoms with Crippen molar-refractivity contribution in [3.8, 4) is 11.4 Å². The third kappa shape index (κ3) is 4.54. The molecule has 0 aliphatic rings. The number of carbonyl (C=O) groups excluding carboxylic acids is 1. The average Bonchev–Trinajstić information content (AvgIpc) is 3.09. The van der Waals surface area contributed by atoms with Crippen LogP contribution in [0, 0.1) is 0 Å². The molecule has 0 aliphatic carbocycles. The monoisotopic (exact) mass is 359 g/mol. The van der Waals surface area contributed by atoms with Gasteiger partial charge in [0.05, 0.1) is 13.7 Å². The van der Waals surface area contributed by atoms with E-state index in [2.05, 4.69) is 14.7 Å². The molecule has 1 aromatic heterocycles. The van der Waals surface area contributed by atoms with Gasteiger partial charge in [0, 0.05) is 12.7 Å². The summed E-state index contributed by atoms with van der Waals surface area (Å²) in [6, 6.07) is 6.29. The van der Waals surface area contributed by atoms with E-state index < -0.39 is 18.2 Å². The zero-order valence-corrected chi connectivity index (χ0v) is 13.7. The first-order valence-corrected chi connectivity index (χ1v) is 7.14. The van der Waals surface area contributed by atoms with E-state index in [1.807, 2.05) is 0 Å². The first-order chi connectivity index (χ1) is 11.8. The van der Waals surface area contributed by atoms with Crippen molar-refractivity contribution in [3.63, 3.8) is 0 Å². The topological polar surface area (TPSA) is 77.7 Å². The molecule has 0 radical (unpaired) electrons. The molecular weight excluding hydrogens is 343 g/mol. The maximum Gasteiger partial charge on any atom is 0.471 e. The summed E-state index contributed by atoms with van der Waals surface area (Å²) in [7, 11) is 2.76. The number of rotatable bonds is 6. The molecule has 1 amide bonds. The number of hydrogen-bond donors (Lipinski definition) is 0. The lowest BCUT2D eigenvalue weighted by molar-refractivity contribution is -0.188. The number of benzene rings is 1. The largest absolute Gasteiger partial charge is 0.471 e. The molecule has 2 rings (SSSR count). The van der Waals surface area contributed by atoms with Gasteiger partial charge in [-0.15, -0.1) is 0 Å². The summed E-state index contributed by atoms with van der Waals surface area (Å²) in [5, 5.41) is 4.43. The summed E-state index contributed by atoms with van der Waals surface area (Å²) >= 11 is 0. The van der Waals surface area contributed by atoms with Gasteiger partial charge in [0.2, 0.25) is 5.82 Å². The maximum absolute atomic E-state index is 12.5. The zero-order valence-electron chi connectivity index (χ0n) is 13.7. The van der Waals surface area contributed by atoms with Gasteiger partial charge in [-0.05, 0) is 12.5 Å². The van der Waals surface area contributed by atoms with Gasteiger partial charge in [0.15, 0.2) is 0 Å². The molecule has 0 spiro atoms. The summed E-state index contributed by atoms with van der Waals surface area (Å²) in [4.78, 5) is 20.4. The number of amides is 1. The van der Waals surface area contributed by atoms with Crippen LogP contribution in [-0.2, 0) is 27.1 Å². The average molecular weight is 359 g/mol. The zero-order chi connectivity index (χ0) is 18.6. The van der Waals surface area contributed by atoms with E-state index in [0.29, 0.717) is 11.1 Å². The molecule has 0 fully saturated rings. The Morgan fingerprint density at radius 2 is 1.92 bits per heavy atom. The highest BCUT2D eigenvalue weighted by Gasteiger charge is 2.38. The molecule has 1 atom stereocenters. The Kier molecular flexibility index (Phi) is 5.75. The van der Waals surface area contributed by atoms with Gasteiger partial charge in [0.25, 0.3) is 5.91 Å². The van der Waals surface area contributed by atoms with Crippen LogP contribution in [-0.4, -0.2) is 41.4 Å². The maximum atomic E-state index is 12.5. The highest BCUT2D eigenvalue weighted by atomic mass is 19.4. The predicted molar refractivity (Wildman–Crippen MR) is 78.8 cm³/mol. The second-order valence-corrected chi connectivity index (χ2v) is 5.05. The summed E-state index contributed by atoms with van der Waals surface area (Å²) in [5.41, 5.74) is 1.05. The highest BCUT2D eigenvalue weighted by molar-refractivity contribution is 5.79. The fourth-order valence-electron chi connectivity index (χ4n) is 1.92. The van der Waals surface area contributed by atoms with Gasteiger partial charge in [-0.1, -0.05) is 29.4 Å². The minimum absolute atomic E-state index is 0.142.